The zero-order valence-corrected chi connectivity index (χ0v) is 39.5. The summed E-state index contributed by atoms with van der Waals surface area (Å²) in [5.74, 6) is -0.388. The van der Waals surface area contributed by atoms with E-state index in [2.05, 4.69) is 27.4 Å². The van der Waals surface area contributed by atoms with Gasteiger partial charge in [0.05, 0.1) is 37.9 Å². The maximum atomic E-state index is 15.0. The fraction of sp³-hybridized carbons (Fsp3) is 0.938. The summed E-state index contributed by atoms with van der Waals surface area (Å²) < 4.78 is 35.3. The maximum Gasteiger partial charge on any atom is 0.314 e. The molecule has 8 fully saturated rings. The topological polar surface area (TPSA) is 315 Å². The van der Waals surface area contributed by atoms with Gasteiger partial charge >= 0.3 is 5.97 Å². The Balaban J connectivity index is 1.00. The minimum atomic E-state index is -1.82. The predicted molar refractivity (Wildman–Crippen MR) is 232 cm³/mol. The molecule has 67 heavy (non-hydrogen) atoms. The van der Waals surface area contributed by atoms with E-state index in [-0.39, 0.29) is 52.4 Å². The molecular formula is C48H78O19. The van der Waals surface area contributed by atoms with Gasteiger partial charge in [-0.1, -0.05) is 39.8 Å². The van der Waals surface area contributed by atoms with Crippen molar-refractivity contribution in [1.29, 1.82) is 0 Å². The second-order valence-electron chi connectivity index (χ2n) is 22.8. The van der Waals surface area contributed by atoms with E-state index in [0.717, 1.165) is 37.7 Å². The van der Waals surface area contributed by atoms with E-state index in [1.54, 1.807) is 0 Å². The largest absolute Gasteiger partial charge is 0.432 e. The molecule has 19 heteroatoms. The molecule has 0 aromatic rings. The van der Waals surface area contributed by atoms with Crippen LogP contribution < -0.4 is 0 Å². The lowest BCUT2D eigenvalue weighted by Gasteiger charge is -2.73. The van der Waals surface area contributed by atoms with Crippen molar-refractivity contribution in [3.05, 3.63) is 12.2 Å². The number of fused-ring (bicyclic) bond motifs is 7. The molecule has 8 rings (SSSR count). The zero-order chi connectivity index (χ0) is 48.9. The van der Waals surface area contributed by atoms with Crippen molar-refractivity contribution in [2.24, 2.45) is 56.7 Å². The number of aliphatic hydroxyl groups excluding tert-OH is 12. The number of carbonyl (C=O) groups is 1. The van der Waals surface area contributed by atoms with Gasteiger partial charge in [0, 0.05) is 5.41 Å². The lowest BCUT2D eigenvalue weighted by Crippen LogP contribution is -2.68. The second-order valence-corrected chi connectivity index (χ2v) is 22.8. The molecule has 8 aliphatic rings. The predicted octanol–water partition coefficient (Wildman–Crippen LogP) is -1.03. The van der Waals surface area contributed by atoms with Crippen LogP contribution >= 0.6 is 0 Å². The number of allylic oxidation sites excluding steroid dienone is 1. The van der Waals surface area contributed by atoms with E-state index < -0.39 is 135 Å². The van der Waals surface area contributed by atoms with Crippen LogP contribution in [-0.4, -0.2) is 192 Å². The van der Waals surface area contributed by atoms with Crippen LogP contribution in [0.1, 0.15) is 98.8 Å². The van der Waals surface area contributed by atoms with Crippen molar-refractivity contribution in [3.8, 4) is 0 Å². The molecule has 0 amide bonds. The number of ether oxygens (including phenoxy) is 6. The molecule has 19 nitrogen and oxygen atoms in total. The van der Waals surface area contributed by atoms with E-state index >= 15 is 0 Å². The molecule has 0 aromatic heterocycles. The molecule has 3 aliphatic heterocycles. The number of carbonyl (C=O) groups excluding carboxylic acids is 1. The van der Waals surface area contributed by atoms with Crippen LogP contribution in [0, 0.1) is 56.7 Å². The van der Waals surface area contributed by atoms with Crippen molar-refractivity contribution in [1.82, 2.24) is 0 Å². The quantitative estimate of drug-likeness (QED) is 0.0669. The lowest BCUT2D eigenvalue weighted by molar-refractivity contribution is -0.335. The highest BCUT2D eigenvalue weighted by Crippen LogP contribution is 2.78. The van der Waals surface area contributed by atoms with Crippen LogP contribution in [0.25, 0.3) is 0 Å². The number of hydrogen-bond donors (Lipinski definition) is 12. The van der Waals surface area contributed by atoms with E-state index in [1.165, 1.54) is 0 Å². The van der Waals surface area contributed by atoms with Crippen LogP contribution in [0.15, 0.2) is 12.2 Å². The van der Waals surface area contributed by atoms with Gasteiger partial charge in [-0.25, -0.2) is 0 Å². The first-order valence-corrected chi connectivity index (χ1v) is 24.5. The monoisotopic (exact) mass is 959 g/mol. The van der Waals surface area contributed by atoms with Gasteiger partial charge in [-0.2, -0.15) is 0 Å². The zero-order valence-electron chi connectivity index (χ0n) is 39.5. The van der Waals surface area contributed by atoms with Gasteiger partial charge < -0.3 is 89.7 Å². The van der Waals surface area contributed by atoms with Gasteiger partial charge in [-0.05, 0) is 117 Å². The third kappa shape index (κ3) is 8.01. The summed E-state index contributed by atoms with van der Waals surface area (Å²) in [6.07, 6.45) is -16.9. The number of rotatable bonds is 11. The van der Waals surface area contributed by atoms with Crippen LogP contribution in [0.4, 0.5) is 0 Å². The van der Waals surface area contributed by atoms with E-state index in [9.17, 15) is 66.1 Å². The van der Waals surface area contributed by atoms with Gasteiger partial charge in [0.25, 0.3) is 0 Å². The van der Waals surface area contributed by atoms with E-state index in [4.69, 9.17) is 28.4 Å². The molecule has 384 valence electrons. The highest BCUT2D eigenvalue weighted by atomic mass is 16.7. The Morgan fingerprint density at radius 3 is 1.76 bits per heavy atom. The third-order valence-corrected chi connectivity index (χ3v) is 19.9. The number of hydrogen-bond acceptors (Lipinski definition) is 19. The Hall–Kier alpha value is -1.47. The van der Waals surface area contributed by atoms with Gasteiger partial charge in [0.1, 0.15) is 73.2 Å². The summed E-state index contributed by atoms with van der Waals surface area (Å²) in [6, 6.07) is 0. The van der Waals surface area contributed by atoms with Gasteiger partial charge in [-0.3, -0.25) is 4.79 Å². The summed E-state index contributed by atoms with van der Waals surface area (Å²) >= 11 is 0. The first-order chi connectivity index (χ1) is 31.5. The molecule has 0 unspecified atom stereocenters. The Kier molecular flexibility index (Phi) is 14.6. The first kappa shape index (κ1) is 51.9. The molecule has 0 aromatic carbocycles. The molecule has 3 heterocycles. The average Bonchev–Trinajstić information content (AvgIpc) is 3.71. The van der Waals surface area contributed by atoms with Crippen molar-refractivity contribution < 1.29 is 94.5 Å². The van der Waals surface area contributed by atoms with Crippen LogP contribution in [0.3, 0.4) is 0 Å². The van der Waals surface area contributed by atoms with Crippen LogP contribution in [0.2, 0.25) is 0 Å². The summed E-state index contributed by atoms with van der Waals surface area (Å²) in [5, 5.41) is 126. The van der Waals surface area contributed by atoms with Gasteiger partial charge in [-0.15, -0.1) is 0 Å². The number of aliphatic hydroxyl groups is 12. The normalized spacial score (nSPS) is 55.4. The molecule has 5 aliphatic carbocycles. The highest BCUT2D eigenvalue weighted by molar-refractivity contribution is 5.78. The molecule has 5 saturated carbocycles. The lowest BCUT2D eigenvalue weighted by atomic mass is 9.32. The fourth-order valence-electron chi connectivity index (χ4n) is 15.8. The van der Waals surface area contributed by atoms with Crippen LogP contribution in [0.5, 0.6) is 0 Å². The Morgan fingerprint density at radius 2 is 1.16 bits per heavy atom. The van der Waals surface area contributed by atoms with Crippen molar-refractivity contribution in [2.75, 3.05) is 26.4 Å². The van der Waals surface area contributed by atoms with Crippen LogP contribution in [-0.2, 0) is 33.2 Å². The smallest absolute Gasteiger partial charge is 0.314 e. The number of esters is 1. The average molecular weight is 959 g/mol. The summed E-state index contributed by atoms with van der Waals surface area (Å²) in [6.45, 7) is 13.6. The molecule has 3 saturated heterocycles. The molecule has 0 bridgehead atoms. The minimum absolute atomic E-state index is 0.00114. The molecule has 26 atom stereocenters. The van der Waals surface area contributed by atoms with E-state index in [0.29, 0.717) is 32.1 Å². The van der Waals surface area contributed by atoms with Gasteiger partial charge in [0.2, 0.25) is 6.29 Å². The summed E-state index contributed by atoms with van der Waals surface area (Å²) in [7, 11) is 0. The Morgan fingerprint density at radius 1 is 0.597 bits per heavy atom. The SMILES string of the molecule is C=C(C)[C@@H]1CC[C@]2(C(=O)O[C@@H]3O[C@H](CO[C@H]4O[C@H](CO)[C@@H](O)[C@H](O)[C@H]4O)[C@@H](O)[C@H](O)[C@H]3O)CC[C@]3(C)[C@H](CC[C@@H]4[C@@]5(C)CC[C@H](O[C@@H]6O[C@H](CO)[C@@H](O)[C@H](O)[C@H]6O)[C@@](C)(CO)[C@@H]5CC[C@]43C)[C@H]12. The molecular weight excluding hydrogens is 881 g/mol. The van der Waals surface area contributed by atoms with Gasteiger partial charge in [0.15, 0.2) is 12.6 Å². The standard InChI is InChI=1S/C48H78O19/c1-21(2)22-9-14-48(43(61)67-42-39(60)36(57)33(54)26(65-42)19-62-40-37(58)34(55)31(52)24(17-49)63-40)16-15-46(5)23(30(22)48)7-8-28-44(3)12-11-29(45(4,20-51)27(44)10-13-47(28,46)6)66-41-38(59)35(56)32(53)25(18-50)64-41/h22-42,49-60H,1,7-20H2,2-6H3/t22-,23+,24+,25+,26+,27+,28+,29-,30-,31+,32+,33+,34-,35-,36-,37+,38+,39+,40-,41-,42-,44-,45-,46+,47+,48-/m0/s1. The maximum absolute atomic E-state index is 15.0. The van der Waals surface area contributed by atoms with E-state index in [1.807, 2.05) is 13.8 Å². The molecule has 12 N–H and O–H groups in total. The fourth-order valence-corrected chi connectivity index (χ4v) is 15.8. The minimum Gasteiger partial charge on any atom is -0.432 e. The molecule has 0 radical (unpaired) electrons. The van der Waals surface area contributed by atoms with Crippen molar-refractivity contribution in [3.63, 3.8) is 0 Å². The second kappa shape index (κ2) is 18.9. The highest BCUT2D eigenvalue weighted by Gasteiger charge is 2.73. The summed E-state index contributed by atoms with van der Waals surface area (Å²) in [4.78, 5) is 15.0. The van der Waals surface area contributed by atoms with Crippen molar-refractivity contribution >= 4 is 5.97 Å². The first-order valence-electron chi connectivity index (χ1n) is 24.5. The molecule has 0 spiro atoms. The summed E-state index contributed by atoms with van der Waals surface area (Å²) in [5.41, 5.74) is -1.40. The Labute approximate surface area is 392 Å². The van der Waals surface area contributed by atoms with Crippen molar-refractivity contribution in [2.45, 2.75) is 197 Å². The third-order valence-electron chi connectivity index (χ3n) is 19.9. The Bertz CT molecular complexity index is 1790.